The van der Waals surface area contributed by atoms with Gasteiger partial charge in [0.15, 0.2) is 0 Å². The molecule has 0 bridgehead atoms. The summed E-state index contributed by atoms with van der Waals surface area (Å²) in [6.45, 7) is 0. The Hall–Kier alpha value is -1.21. The molecule has 0 atom stereocenters. The first-order chi connectivity index (χ1) is 9.10. The zero-order valence-corrected chi connectivity index (χ0v) is 13.4. The quantitative estimate of drug-likeness (QED) is 0.589. The average molecular weight is 430 g/mol. The van der Waals surface area contributed by atoms with Crippen LogP contribution < -0.4 is 5.32 Å². The maximum Gasteiger partial charge on any atom is 0.256 e. The molecule has 2 rings (SSSR count). The van der Waals surface area contributed by atoms with Crippen molar-refractivity contribution in [2.75, 3.05) is 5.32 Å². The van der Waals surface area contributed by atoms with E-state index in [1.807, 2.05) is 12.1 Å². The van der Waals surface area contributed by atoms with Gasteiger partial charge in [0.25, 0.3) is 5.91 Å². The van der Waals surface area contributed by atoms with Gasteiger partial charge in [0.05, 0.1) is 5.56 Å². The summed E-state index contributed by atoms with van der Waals surface area (Å²) in [6.07, 6.45) is 0.767. The predicted molar refractivity (Wildman–Crippen MR) is 86.6 cm³/mol. The Bertz CT molecular complexity index is 626. The van der Waals surface area contributed by atoms with E-state index in [1.54, 1.807) is 30.3 Å². The maximum atomic E-state index is 12.1. The van der Waals surface area contributed by atoms with E-state index in [0.29, 0.717) is 16.8 Å². The molecule has 0 fully saturated rings. The molecular weight excluding hydrogens is 421 g/mol. The van der Waals surface area contributed by atoms with E-state index in [1.165, 1.54) is 0 Å². The second kappa shape index (κ2) is 6.29. The van der Waals surface area contributed by atoms with Crippen LogP contribution in [0.15, 0.2) is 46.9 Å². The first-order valence-corrected chi connectivity index (χ1v) is 7.29. The van der Waals surface area contributed by atoms with Crippen LogP contribution in [0.3, 0.4) is 0 Å². The maximum absolute atomic E-state index is 12.1. The minimum absolute atomic E-state index is 0.176. The number of hydrogen-bond acceptors (Lipinski definition) is 2. The molecule has 0 saturated heterocycles. The van der Waals surface area contributed by atoms with Crippen LogP contribution in [0.5, 0.6) is 0 Å². The van der Waals surface area contributed by atoms with Gasteiger partial charge in [-0.1, -0.05) is 15.9 Å². The standard InChI is InChI=1S/C14H9BrINO2/c15-10-3-6-13(16)12(7-10)14(19)17-11-4-1-9(8-18)2-5-11/h1-8H,(H,17,19). The number of amides is 1. The van der Waals surface area contributed by atoms with Crippen LogP contribution in [-0.4, -0.2) is 12.2 Å². The predicted octanol–water partition coefficient (Wildman–Crippen LogP) is 4.12. The number of hydrogen-bond donors (Lipinski definition) is 1. The van der Waals surface area contributed by atoms with E-state index < -0.39 is 0 Å². The summed E-state index contributed by atoms with van der Waals surface area (Å²) in [6, 6.07) is 12.3. The lowest BCUT2D eigenvalue weighted by Crippen LogP contribution is -2.13. The number of anilines is 1. The molecule has 0 spiro atoms. The third-order valence-electron chi connectivity index (χ3n) is 2.48. The molecule has 0 aliphatic carbocycles. The van der Waals surface area contributed by atoms with Crippen molar-refractivity contribution in [3.8, 4) is 0 Å². The second-order valence-corrected chi connectivity index (χ2v) is 5.90. The van der Waals surface area contributed by atoms with Gasteiger partial charge in [0.2, 0.25) is 0 Å². The topological polar surface area (TPSA) is 46.2 Å². The van der Waals surface area contributed by atoms with Crippen LogP contribution in [0.2, 0.25) is 0 Å². The van der Waals surface area contributed by atoms with Crippen molar-refractivity contribution in [3.63, 3.8) is 0 Å². The number of aldehydes is 1. The number of nitrogens with one attached hydrogen (secondary N) is 1. The smallest absolute Gasteiger partial charge is 0.256 e. The van der Waals surface area contributed by atoms with E-state index in [2.05, 4.69) is 43.8 Å². The van der Waals surface area contributed by atoms with Crippen molar-refractivity contribution in [1.29, 1.82) is 0 Å². The van der Waals surface area contributed by atoms with Crippen molar-refractivity contribution < 1.29 is 9.59 Å². The second-order valence-electron chi connectivity index (χ2n) is 3.82. The Morgan fingerprint density at radius 3 is 2.47 bits per heavy atom. The monoisotopic (exact) mass is 429 g/mol. The highest BCUT2D eigenvalue weighted by Gasteiger charge is 2.10. The molecule has 96 valence electrons. The van der Waals surface area contributed by atoms with Gasteiger partial charge in [-0.15, -0.1) is 0 Å². The number of halogens is 2. The molecule has 3 nitrogen and oxygen atoms in total. The van der Waals surface area contributed by atoms with Gasteiger partial charge in [-0.2, -0.15) is 0 Å². The van der Waals surface area contributed by atoms with Crippen molar-refractivity contribution in [3.05, 3.63) is 61.6 Å². The fourth-order valence-corrected chi connectivity index (χ4v) is 2.46. The van der Waals surface area contributed by atoms with Gasteiger partial charge in [-0.25, -0.2) is 0 Å². The van der Waals surface area contributed by atoms with Crippen molar-refractivity contribution in [1.82, 2.24) is 0 Å². The third-order valence-corrected chi connectivity index (χ3v) is 3.91. The van der Waals surface area contributed by atoms with Crippen LogP contribution in [0.25, 0.3) is 0 Å². The van der Waals surface area contributed by atoms with E-state index in [-0.39, 0.29) is 5.91 Å². The van der Waals surface area contributed by atoms with Crippen LogP contribution in [0, 0.1) is 3.57 Å². The number of rotatable bonds is 3. The molecule has 1 N–H and O–H groups in total. The van der Waals surface area contributed by atoms with E-state index in [0.717, 1.165) is 14.3 Å². The molecule has 19 heavy (non-hydrogen) atoms. The molecule has 0 aliphatic heterocycles. The summed E-state index contributed by atoms with van der Waals surface area (Å²) in [5, 5.41) is 2.80. The highest BCUT2D eigenvalue weighted by Crippen LogP contribution is 2.20. The summed E-state index contributed by atoms with van der Waals surface area (Å²) in [5.41, 5.74) is 1.84. The minimum atomic E-state index is -0.176. The Kier molecular flexibility index (Phi) is 4.71. The van der Waals surface area contributed by atoms with Crippen LogP contribution in [-0.2, 0) is 0 Å². The highest BCUT2D eigenvalue weighted by atomic mass is 127. The lowest BCUT2D eigenvalue weighted by molar-refractivity contribution is 0.102. The van der Waals surface area contributed by atoms with Crippen molar-refractivity contribution in [2.45, 2.75) is 0 Å². The van der Waals surface area contributed by atoms with E-state index in [9.17, 15) is 9.59 Å². The SMILES string of the molecule is O=Cc1ccc(NC(=O)c2cc(Br)ccc2I)cc1. The zero-order valence-electron chi connectivity index (χ0n) is 9.69. The van der Waals surface area contributed by atoms with Gasteiger partial charge in [0.1, 0.15) is 6.29 Å². The molecule has 2 aromatic carbocycles. The minimum Gasteiger partial charge on any atom is -0.322 e. The van der Waals surface area contributed by atoms with Gasteiger partial charge < -0.3 is 5.32 Å². The third kappa shape index (κ3) is 3.63. The molecule has 2 aromatic rings. The van der Waals surface area contributed by atoms with Crippen LogP contribution in [0.1, 0.15) is 20.7 Å². The molecule has 1 amide bonds. The summed E-state index contributed by atoms with van der Waals surface area (Å²) >= 11 is 5.47. The summed E-state index contributed by atoms with van der Waals surface area (Å²) < 4.78 is 1.73. The number of carbonyl (C=O) groups is 2. The van der Waals surface area contributed by atoms with Crippen molar-refractivity contribution >= 4 is 56.4 Å². The Morgan fingerprint density at radius 1 is 1.16 bits per heavy atom. The molecular formula is C14H9BrINO2. The fourth-order valence-electron chi connectivity index (χ4n) is 1.51. The number of carbonyl (C=O) groups excluding carboxylic acids is 2. The fraction of sp³-hybridized carbons (Fsp3) is 0. The van der Waals surface area contributed by atoms with Gasteiger partial charge in [0, 0.05) is 19.3 Å². The first kappa shape index (κ1) is 14.2. The van der Waals surface area contributed by atoms with Crippen LogP contribution >= 0.6 is 38.5 Å². The summed E-state index contributed by atoms with van der Waals surface area (Å²) in [7, 11) is 0. The van der Waals surface area contributed by atoms with Gasteiger partial charge in [-0.05, 0) is 65.1 Å². The normalized spacial score (nSPS) is 10.0. The largest absolute Gasteiger partial charge is 0.322 e. The Balaban J connectivity index is 2.20. The molecule has 0 saturated carbocycles. The Labute approximate surface area is 132 Å². The molecule has 0 aliphatic rings. The average Bonchev–Trinajstić information content (AvgIpc) is 2.42. The summed E-state index contributed by atoms with van der Waals surface area (Å²) in [4.78, 5) is 22.7. The first-order valence-electron chi connectivity index (χ1n) is 5.42. The van der Waals surface area contributed by atoms with Gasteiger partial charge >= 0.3 is 0 Å². The zero-order chi connectivity index (χ0) is 13.8. The molecule has 0 radical (unpaired) electrons. The molecule has 0 aromatic heterocycles. The molecule has 0 unspecified atom stereocenters. The van der Waals surface area contributed by atoms with E-state index >= 15 is 0 Å². The lowest BCUT2D eigenvalue weighted by atomic mass is 10.2. The Morgan fingerprint density at radius 2 is 1.84 bits per heavy atom. The van der Waals surface area contributed by atoms with Crippen molar-refractivity contribution in [2.24, 2.45) is 0 Å². The molecule has 0 heterocycles. The highest BCUT2D eigenvalue weighted by molar-refractivity contribution is 14.1. The lowest BCUT2D eigenvalue weighted by Gasteiger charge is -2.07. The molecule has 5 heteroatoms. The summed E-state index contributed by atoms with van der Waals surface area (Å²) in [5.74, 6) is -0.176. The number of benzene rings is 2. The van der Waals surface area contributed by atoms with Crippen LogP contribution in [0.4, 0.5) is 5.69 Å². The van der Waals surface area contributed by atoms with Gasteiger partial charge in [-0.3, -0.25) is 9.59 Å². The van der Waals surface area contributed by atoms with E-state index in [4.69, 9.17) is 0 Å².